The summed E-state index contributed by atoms with van der Waals surface area (Å²) >= 11 is 11.1. The van der Waals surface area contributed by atoms with Crippen molar-refractivity contribution in [2.75, 3.05) is 13.2 Å². The van der Waals surface area contributed by atoms with Crippen LogP contribution >= 0.6 is 23.2 Å². The minimum absolute atomic E-state index is 0.225. The quantitative estimate of drug-likeness (QED) is 0.549. The number of hydrogen-bond acceptors (Lipinski definition) is 4. The molecule has 0 spiro atoms. The molecule has 0 aliphatic heterocycles. The molecule has 0 heterocycles. The Morgan fingerprint density at radius 1 is 0.875 bits per heavy atom. The van der Waals surface area contributed by atoms with E-state index in [-0.39, 0.29) is 13.2 Å². The van der Waals surface area contributed by atoms with Crippen molar-refractivity contribution in [3.63, 3.8) is 0 Å². The van der Waals surface area contributed by atoms with Gasteiger partial charge >= 0.3 is 11.9 Å². The van der Waals surface area contributed by atoms with E-state index < -0.39 is 22.0 Å². The summed E-state index contributed by atoms with van der Waals surface area (Å²) in [4.78, 5) is 22.4. The molecule has 0 atom stereocenters. The molecule has 0 aliphatic rings. The first-order valence-electron chi connectivity index (χ1n) is 4.94. The topological polar surface area (TPSA) is 52.6 Å². The molecule has 0 N–H and O–H groups in total. The fourth-order valence-electron chi connectivity index (χ4n) is 0.695. The van der Waals surface area contributed by atoms with Crippen molar-refractivity contribution in [1.82, 2.24) is 0 Å². The molecule has 0 radical (unpaired) electrons. The Hall–Kier alpha value is -0.740. The van der Waals surface area contributed by atoms with Crippen molar-refractivity contribution >= 4 is 35.1 Å². The number of carbonyl (C=O) groups is 2. The highest BCUT2D eigenvalue weighted by molar-refractivity contribution is 6.53. The van der Waals surface area contributed by atoms with Crippen LogP contribution in [0.4, 0.5) is 0 Å². The van der Waals surface area contributed by atoms with E-state index >= 15 is 0 Å². The molecule has 0 unspecified atom stereocenters. The van der Waals surface area contributed by atoms with E-state index in [1.165, 1.54) is 0 Å². The van der Waals surface area contributed by atoms with E-state index in [1.54, 1.807) is 0 Å². The Morgan fingerprint density at radius 3 is 1.44 bits per heavy atom. The van der Waals surface area contributed by atoms with E-state index in [0.717, 1.165) is 0 Å². The van der Waals surface area contributed by atoms with Gasteiger partial charge in [0.1, 0.15) is 0 Å². The Bertz CT molecular complexity index is 259. The minimum Gasteiger partial charge on any atom is -0.461 e. The third kappa shape index (κ3) is 5.37. The summed E-state index contributed by atoms with van der Waals surface area (Å²) in [7, 11) is 0. The molecule has 16 heavy (non-hydrogen) atoms. The summed E-state index contributed by atoms with van der Waals surface area (Å²) in [5, 5.41) is -0.896. The Labute approximate surface area is 104 Å². The van der Waals surface area contributed by atoms with Crippen molar-refractivity contribution in [3.05, 3.63) is 10.1 Å². The molecule has 0 aromatic heterocycles. The number of carbonyl (C=O) groups excluding carboxylic acids is 2. The molecule has 0 amide bonds. The predicted octanol–water partition coefficient (Wildman–Crippen LogP) is 2.58. The standard InChI is InChI=1S/C10H14Cl2O4/c1-3-5-15-9(13)7(11)8(12)10(14)16-6-4-2/h3-6H2,1-2H3. The second-order valence-corrected chi connectivity index (χ2v) is 3.66. The number of ether oxygens (including phenoxy) is 2. The predicted molar refractivity (Wildman–Crippen MR) is 61.2 cm³/mol. The van der Waals surface area contributed by atoms with E-state index in [1.807, 2.05) is 13.8 Å². The van der Waals surface area contributed by atoms with Crippen LogP contribution in [0, 0.1) is 0 Å². The average Bonchev–Trinajstić information content (AvgIpc) is 2.30. The summed E-state index contributed by atoms with van der Waals surface area (Å²) < 4.78 is 9.42. The first kappa shape index (κ1) is 15.3. The zero-order valence-electron chi connectivity index (χ0n) is 9.22. The third-order valence-corrected chi connectivity index (χ3v) is 2.21. The van der Waals surface area contributed by atoms with Gasteiger partial charge in [0, 0.05) is 0 Å². The lowest BCUT2D eigenvalue weighted by Crippen LogP contribution is -2.12. The van der Waals surface area contributed by atoms with Crippen molar-refractivity contribution in [2.45, 2.75) is 26.7 Å². The summed E-state index contributed by atoms with van der Waals surface area (Å²) in [6.45, 7) is 4.12. The van der Waals surface area contributed by atoms with Gasteiger partial charge in [0.2, 0.25) is 0 Å². The molecular formula is C10H14Cl2O4. The number of esters is 2. The molecule has 4 nitrogen and oxygen atoms in total. The van der Waals surface area contributed by atoms with E-state index in [0.29, 0.717) is 12.8 Å². The zero-order valence-corrected chi connectivity index (χ0v) is 10.7. The van der Waals surface area contributed by atoms with Crippen LogP contribution < -0.4 is 0 Å². The first-order chi connectivity index (χ1) is 7.54. The van der Waals surface area contributed by atoms with Gasteiger partial charge in [-0.05, 0) is 12.8 Å². The van der Waals surface area contributed by atoms with Crippen LogP contribution in [0.3, 0.4) is 0 Å². The van der Waals surface area contributed by atoms with Gasteiger partial charge in [0.05, 0.1) is 13.2 Å². The number of halogens is 2. The highest BCUT2D eigenvalue weighted by Gasteiger charge is 2.19. The van der Waals surface area contributed by atoms with Gasteiger partial charge in [0.25, 0.3) is 0 Å². The maximum Gasteiger partial charge on any atom is 0.351 e. The smallest absolute Gasteiger partial charge is 0.351 e. The molecule has 92 valence electrons. The van der Waals surface area contributed by atoms with Crippen LogP contribution in [0.25, 0.3) is 0 Å². The van der Waals surface area contributed by atoms with E-state index in [2.05, 4.69) is 0 Å². The van der Waals surface area contributed by atoms with Crippen molar-refractivity contribution < 1.29 is 19.1 Å². The van der Waals surface area contributed by atoms with Gasteiger partial charge in [-0.1, -0.05) is 37.0 Å². The third-order valence-electron chi connectivity index (χ3n) is 1.43. The number of hydrogen-bond donors (Lipinski definition) is 0. The van der Waals surface area contributed by atoms with Crippen molar-refractivity contribution in [3.8, 4) is 0 Å². The molecule has 0 fully saturated rings. The summed E-state index contributed by atoms with van der Waals surface area (Å²) in [6, 6.07) is 0. The van der Waals surface area contributed by atoms with Crippen LogP contribution in [-0.4, -0.2) is 25.2 Å². The van der Waals surface area contributed by atoms with Gasteiger partial charge in [0.15, 0.2) is 10.1 Å². The van der Waals surface area contributed by atoms with Gasteiger partial charge in [-0.2, -0.15) is 0 Å². The van der Waals surface area contributed by atoms with Crippen LogP contribution in [0.15, 0.2) is 10.1 Å². The van der Waals surface area contributed by atoms with E-state index in [4.69, 9.17) is 32.7 Å². The van der Waals surface area contributed by atoms with Gasteiger partial charge in [-0.3, -0.25) is 0 Å². The lowest BCUT2D eigenvalue weighted by atomic mass is 10.4. The lowest BCUT2D eigenvalue weighted by molar-refractivity contribution is -0.141. The van der Waals surface area contributed by atoms with Crippen LogP contribution in [-0.2, 0) is 19.1 Å². The molecule has 6 heteroatoms. The Kier molecular flexibility index (Phi) is 8.03. The molecule has 0 aromatic carbocycles. The molecule has 0 bridgehead atoms. The zero-order chi connectivity index (χ0) is 12.6. The monoisotopic (exact) mass is 268 g/mol. The summed E-state index contributed by atoms with van der Waals surface area (Å²) in [5.74, 6) is -1.64. The van der Waals surface area contributed by atoms with Gasteiger partial charge in [-0.15, -0.1) is 0 Å². The highest BCUT2D eigenvalue weighted by Crippen LogP contribution is 2.17. The van der Waals surface area contributed by atoms with Crippen LogP contribution in [0.5, 0.6) is 0 Å². The summed E-state index contributed by atoms with van der Waals surface area (Å²) in [6.07, 6.45) is 1.32. The number of rotatable bonds is 6. The largest absolute Gasteiger partial charge is 0.461 e. The molecule has 0 aliphatic carbocycles. The molecule has 0 rings (SSSR count). The van der Waals surface area contributed by atoms with Gasteiger partial charge < -0.3 is 9.47 Å². The highest BCUT2D eigenvalue weighted by atomic mass is 35.5. The normalized spacial score (nSPS) is 11.8. The first-order valence-corrected chi connectivity index (χ1v) is 5.69. The molecule has 0 aromatic rings. The van der Waals surface area contributed by atoms with Gasteiger partial charge in [-0.25, -0.2) is 9.59 Å². The molecule has 0 saturated carbocycles. The molecule has 0 saturated heterocycles. The second kappa shape index (κ2) is 8.42. The fraction of sp³-hybridized carbons (Fsp3) is 0.600. The average molecular weight is 269 g/mol. The second-order valence-electron chi connectivity index (χ2n) is 2.90. The maximum atomic E-state index is 11.2. The minimum atomic E-state index is -0.818. The van der Waals surface area contributed by atoms with E-state index in [9.17, 15) is 9.59 Å². The maximum absolute atomic E-state index is 11.2. The fourth-order valence-corrected chi connectivity index (χ4v) is 0.959. The lowest BCUT2D eigenvalue weighted by Gasteiger charge is -2.04. The Balaban J connectivity index is 4.43. The van der Waals surface area contributed by atoms with Crippen LogP contribution in [0.2, 0.25) is 0 Å². The summed E-state index contributed by atoms with van der Waals surface area (Å²) in [5.41, 5.74) is 0. The van der Waals surface area contributed by atoms with Crippen molar-refractivity contribution in [2.24, 2.45) is 0 Å². The molecular weight excluding hydrogens is 255 g/mol. The van der Waals surface area contributed by atoms with Crippen LogP contribution in [0.1, 0.15) is 26.7 Å². The van der Waals surface area contributed by atoms with Crippen molar-refractivity contribution in [1.29, 1.82) is 0 Å². The Morgan fingerprint density at radius 2 is 1.19 bits per heavy atom. The SMILES string of the molecule is CCCOC(=O)C(Cl)=C(Cl)C(=O)OCCC.